The molecule has 1 aromatic carbocycles. The Kier molecular flexibility index (Phi) is 5.59. The van der Waals surface area contributed by atoms with E-state index >= 15 is 0 Å². The van der Waals surface area contributed by atoms with Crippen LogP contribution in [0.1, 0.15) is 25.8 Å². The van der Waals surface area contributed by atoms with Gasteiger partial charge < -0.3 is 4.74 Å². The first-order valence-corrected chi connectivity index (χ1v) is 6.04. The number of allylic oxidation sites excluding steroid dienone is 1. The maximum atomic E-state index is 11.7. The number of hydrogen-bond donors (Lipinski definition) is 0. The molecule has 0 fully saturated rings. The van der Waals surface area contributed by atoms with Gasteiger partial charge in [-0.15, -0.1) is 0 Å². The van der Waals surface area contributed by atoms with Crippen molar-refractivity contribution < 1.29 is 14.3 Å². The zero-order chi connectivity index (χ0) is 13.5. The number of ether oxygens (including phenoxy) is 1. The van der Waals surface area contributed by atoms with Crippen molar-refractivity contribution in [3.05, 3.63) is 40.4 Å². The van der Waals surface area contributed by atoms with Gasteiger partial charge in [0.05, 0.1) is 6.61 Å². The molecular weight excluding hydrogens is 252 g/mol. The van der Waals surface area contributed by atoms with Crippen molar-refractivity contribution in [3.8, 4) is 0 Å². The second-order valence-corrected chi connectivity index (χ2v) is 4.16. The minimum atomic E-state index is -0.505. The smallest absolute Gasteiger partial charge is 0.313 e. The molecule has 0 saturated heterocycles. The lowest BCUT2D eigenvalue weighted by atomic mass is 10.1. The number of hydrogen-bond acceptors (Lipinski definition) is 3. The number of carbonyl (C=O) groups excluding carboxylic acids is 2. The van der Waals surface area contributed by atoms with Crippen molar-refractivity contribution in [2.24, 2.45) is 0 Å². The van der Waals surface area contributed by atoms with E-state index < -0.39 is 5.97 Å². The molecule has 1 aromatic rings. The Morgan fingerprint density at radius 1 is 1.33 bits per heavy atom. The Morgan fingerprint density at radius 2 is 2.00 bits per heavy atom. The number of benzene rings is 1. The molecule has 96 valence electrons. The molecule has 0 radical (unpaired) electrons. The van der Waals surface area contributed by atoms with Gasteiger partial charge in [0.2, 0.25) is 0 Å². The van der Waals surface area contributed by atoms with Crippen LogP contribution in [-0.2, 0) is 14.3 Å². The van der Waals surface area contributed by atoms with E-state index in [1.807, 2.05) is 18.2 Å². The van der Waals surface area contributed by atoms with E-state index in [1.54, 1.807) is 26.0 Å². The third-order valence-electron chi connectivity index (χ3n) is 2.33. The Hall–Kier alpha value is -1.61. The van der Waals surface area contributed by atoms with Crippen LogP contribution >= 0.6 is 11.6 Å². The van der Waals surface area contributed by atoms with E-state index in [4.69, 9.17) is 16.3 Å². The van der Waals surface area contributed by atoms with Gasteiger partial charge >= 0.3 is 5.97 Å². The van der Waals surface area contributed by atoms with E-state index in [1.165, 1.54) is 0 Å². The van der Waals surface area contributed by atoms with Gasteiger partial charge in [0.1, 0.15) is 6.42 Å². The van der Waals surface area contributed by atoms with Crippen molar-refractivity contribution >= 4 is 29.4 Å². The summed E-state index contributed by atoms with van der Waals surface area (Å²) in [5.41, 5.74) is 1.24. The van der Waals surface area contributed by atoms with Crippen LogP contribution in [0.2, 0.25) is 5.02 Å². The van der Waals surface area contributed by atoms with Gasteiger partial charge in [-0.1, -0.05) is 29.8 Å². The summed E-state index contributed by atoms with van der Waals surface area (Å²) in [6, 6.07) is 7.20. The first kappa shape index (κ1) is 14.5. The molecule has 0 spiro atoms. The maximum Gasteiger partial charge on any atom is 0.313 e. The molecular formula is C14H15ClO3. The Morgan fingerprint density at radius 3 is 2.61 bits per heavy atom. The minimum absolute atomic E-state index is 0.235. The lowest BCUT2D eigenvalue weighted by Crippen LogP contribution is -2.11. The summed E-state index contributed by atoms with van der Waals surface area (Å²) in [5.74, 6) is -0.761. The summed E-state index contributed by atoms with van der Waals surface area (Å²) >= 11 is 5.98. The van der Waals surface area contributed by atoms with E-state index in [0.29, 0.717) is 10.6 Å². The highest BCUT2D eigenvalue weighted by atomic mass is 35.5. The van der Waals surface area contributed by atoms with Crippen molar-refractivity contribution in [1.29, 1.82) is 0 Å². The van der Waals surface area contributed by atoms with Crippen LogP contribution in [-0.4, -0.2) is 18.4 Å². The van der Waals surface area contributed by atoms with E-state index in [0.717, 1.165) is 5.56 Å². The van der Waals surface area contributed by atoms with Crippen LogP contribution in [0.15, 0.2) is 29.8 Å². The average Bonchev–Trinajstić information content (AvgIpc) is 2.32. The number of carbonyl (C=O) groups is 2. The van der Waals surface area contributed by atoms with Crippen molar-refractivity contribution in [1.82, 2.24) is 0 Å². The maximum absolute atomic E-state index is 11.7. The van der Waals surface area contributed by atoms with Gasteiger partial charge in [0, 0.05) is 5.02 Å². The van der Waals surface area contributed by atoms with Crippen LogP contribution in [0.3, 0.4) is 0 Å². The van der Waals surface area contributed by atoms with E-state index in [-0.39, 0.29) is 18.8 Å². The lowest BCUT2D eigenvalue weighted by molar-refractivity contribution is -0.144. The number of esters is 1. The van der Waals surface area contributed by atoms with Gasteiger partial charge in [-0.05, 0) is 37.1 Å². The van der Waals surface area contributed by atoms with Crippen molar-refractivity contribution in [2.75, 3.05) is 6.61 Å². The lowest BCUT2D eigenvalue weighted by Gasteiger charge is -2.03. The number of rotatable bonds is 5. The summed E-state index contributed by atoms with van der Waals surface area (Å²) in [6.07, 6.45) is 1.44. The zero-order valence-electron chi connectivity index (χ0n) is 10.4. The molecule has 0 amide bonds. The first-order chi connectivity index (χ1) is 8.54. The van der Waals surface area contributed by atoms with Gasteiger partial charge in [0.25, 0.3) is 0 Å². The Balaban J connectivity index is 2.75. The fourth-order valence-electron chi connectivity index (χ4n) is 1.39. The van der Waals surface area contributed by atoms with Gasteiger partial charge in [-0.25, -0.2) is 0 Å². The normalized spacial score (nSPS) is 11.2. The highest BCUT2D eigenvalue weighted by Gasteiger charge is 2.12. The molecule has 0 N–H and O–H groups in total. The predicted molar refractivity (Wildman–Crippen MR) is 71.4 cm³/mol. The van der Waals surface area contributed by atoms with Gasteiger partial charge in [-0.3, -0.25) is 9.59 Å². The second-order valence-electron chi connectivity index (χ2n) is 3.75. The minimum Gasteiger partial charge on any atom is -0.466 e. The van der Waals surface area contributed by atoms with Crippen LogP contribution in [0.4, 0.5) is 0 Å². The Labute approximate surface area is 111 Å². The van der Waals surface area contributed by atoms with Crippen LogP contribution in [0.25, 0.3) is 6.08 Å². The largest absolute Gasteiger partial charge is 0.466 e. The van der Waals surface area contributed by atoms with Gasteiger partial charge in [0.15, 0.2) is 5.78 Å². The molecule has 0 unspecified atom stereocenters. The first-order valence-electron chi connectivity index (χ1n) is 5.66. The summed E-state index contributed by atoms with van der Waals surface area (Å²) in [5, 5.41) is 0.570. The third kappa shape index (κ3) is 4.34. The van der Waals surface area contributed by atoms with Crippen LogP contribution in [0.5, 0.6) is 0 Å². The fraction of sp³-hybridized carbons (Fsp3) is 0.286. The van der Waals surface area contributed by atoms with Crippen LogP contribution < -0.4 is 0 Å². The topological polar surface area (TPSA) is 43.4 Å². The third-order valence-corrected chi connectivity index (χ3v) is 2.67. The molecule has 3 nitrogen and oxygen atoms in total. The quantitative estimate of drug-likeness (QED) is 0.467. The molecule has 1 rings (SSSR count). The zero-order valence-corrected chi connectivity index (χ0v) is 11.2. The fourth-order valence-corrected chi connectivity index (χ4v) is 1.58. The molecule has 0 aromatic heterocycles. The predicted octanol–water partition coefficient (Wildman–Crippen LogP) is 3.27. The molecule has 0 saturated carbocycles. The molecule has 0 atom stereocenters. The summed E-state index contributed by atoms with van der Waals surface area (Å²) in [7, 11) is 0. The number of ketones is 1. The SMILES string of the molecule is CCOC(=O)CC(=O)C(C)=Cc1ccccc1Cl. The monoisotopic (exact) mass is 266 g/mol. The summed E-state index contributed by atoms with van der Waals surface area (Å²) < 4.78 is 4.72. The van der Waals surface area contributed by atoms with Crippen molar-refractivity contribution in [3.63, 3.8) is 0 Å². The standard InChI is InChI=1S/C14H15ClO3/c1-3-18-14(17)9-13(16)10(2)8-11-6-4-5-7-12(11)15/h4-8H,3,9H2,1-2H3. The van der Waals surface area contributed by atoms with Gasteiger partial charge in [-0.2, -0.15) is 0 Å². The molecule has 0 bridgehead atoms. The van der Waals surface area contributed by atoms with Crippen molar-refractivity contribution in [2.45, 2.75) is 20.3 Å². The van der Waals surface area contributed by atoms with E-state index in [2.05, 4.69) is 0 Å². The molecule has 0 aliphatic heterocycles. The average molecular weight is 267 g/mol. The second kappa shape index (κ2) is 6.97. The highest BCUT2D eigenvalue weighted by molar-refractivity contribution is 6.32. The molecule has 18 heavy (non-hydrogen) atoms. The van der Waals surface area contributed by atoms with E-state index in [9.17, 15) is 9.59 Å². The summed E-state index contributed by atoms with van der Waals surface area (Å²) in [6.45, 7) is 3.64. The summed E-state index contributed by atoms with van der Waals surface area (Å²) in [4.78, 5) is 22.9. The Bertz CT molecular complexity index is 478. The van der Waals surface area contributed by atoms with Crippen LogP contribution in [0, 0.1) is 0 Å². The highest BCUT2D eigenvalue weighted by Crippen LogP contribution is 2.18. The molecule has 4 heteroatoms. The molecule has 0 heterocycles. The number of halogens is 1. The molecule has 0 aliphatic carbocycles. The number of Topliss-reactive ketones (excluding diaryl/α,β-unsaturated/α-hetero) is 1. The molecule has 0 aliphatic rings.